The van der Waals surface area contributed by atoms with Crippen molar-refractivity contribution >= 4 is 23.5 Å². The molecule has 0 fully saturated rings. The van der Waals surface area contributed by atoms with Gasteiger partial charge >= 0.3 is 0 Å². The molecule has 0 unspecified atom stereocenters. The molecule has 0 radical (unpaired) electrons. The summed E-state index contributed by atoms with van der Waals surface area (Å²) in [6.07, 6.45) is 6.76. The zero-order valence-electron chi connectivity index (χ0n) is 17.7. The van der Waals surface area contributed by atoms with Gasteiger partial charge in [-0.15, -0.1) is 0 Å². The first-order chi connectivity index (χ1) is 13.6. The summed E-state index contributed by atoms with van der Waals surface area (Å²) in [5.74, 6) is 4.43. The molecule has 2 aromatic heterocycles. The standard InChI is InChI=1S/C20H34N6S2/c1-15-21-17-11-25(7-5-9-27-3)13-19-20(24-16(2)23-19)14-26(8-6-10-28-4)12-18(17)22-15/h5-14H2,1-4H3,(H,21,22)(H,23,24). The maximum Gasteiger partial charge on any atom is 0.103 e. The molecular formula is C20H34N6S2. The monoisotopic (exact) mass is 422 g/mol. The molecule has 0 atom stereocenters. The van der Waals surface area contributed by atoms with Crippen LogP contribution in [0.2, 0.25) is 0 Å². The quantitative estimate of drug-likeness (QED) is 0.634. The number of hydrogen-bond donors (Lipinski definition) is 2. The lowest BCUT2D eigenvalue weighted by molar-refractivity contribution is 0.224. The predicted octanol–water partition coefficient (Wildman–Crippen LogP) is 3.57. The van der Waals surface area contributed by atoms with E-state index in [0.29, 0.717) is 0 Å². The summed E-state index contributed by atoms with van der Waals surface area (Å²) in [4.78, 5) is 21.8. The molecule has 156 valence electrons. The lowest BCUT2D eigenvalue weighted by Gasteiger charge is -2.27. The molecule has 1 aliphatic heterocycles. The third kappa shape index (κ3) is 6.02. The molecule has 0 amide bonds. The second-order valence-corrected chi connectivity index (χ2v) is 9.58. The van der Waals surface area contributed by atoms with Crippen LogP contribution in [-0.2, 0) is 26.2 Å². The molecule has 28 heavy (non-hydrogen) atoms. The second kappa shape index (κ2) is 10.7. The van der Waals surface area contributed by atoms with E-state index in [9.17, 15) is 0 Å². The summed E-state index contributed by atoms with van der Waals surface area (Å²) in [6.45, 7) is 9.91. The van der Waals surface area contributed by atoms with E-state index in [4.69, 9.17) is 9.97 Å². The van der Waals surface area contributed by atoms with Crippen LogP contribution < -0.4 is 0 Å². The van der Waals surface area contributed by atoms with Crippen LogP contribution in [0.3, 0.4) is 0 Å². The van der Waals surface area contributed by atoms with E-state index in [1.54, 1.807) is 0 Å². The Labute approximate surface area is 177 Å². The minimum atomic E-state index is 0.887. The van der Waals surface area contributed by atoms with Gasteiger partial charge in [-0.25, -0.2) is 9.97 Å². The molecule has 0 saturated carbocycles. The first-order valence-corrected chi connectivity index (χ1v) is 12.9. The van der Waals surface area contributed by atoms with Gasteiger partial charge < -0.3 is 9.97 Å². The van der Waals surface area contributed by atoms with Crippen LogP contribution in [0.15, 0.2) is 0 Å². The Kier molecular flexibility index (Phi) is 8.32. The van der Waals surface area contributed by atoms with Gasteiger partial charge in [0.25, 0.3) is 0 Å². The zero-order valence-corrected chi connectivity index (χ0v) is 19.3. The molecule has 1 aliphatic rings. The summed E-state index contributed by atoms with van der Waals surface area (Å²) in [5.41, 5.74) is 4.95. The molecular weight excluding hydrogens is 388 g/mol. The fraction of sp³-hybridized carbons (Fsp3) is 0.700. The van der Waals surface area contributed by atoms with Crippen LogP contribution in [0, 0.1) is 13.8 Å². The molecule has 8 heteroatoms. The van der Waals surface area contributed by atoms with Gasteiger partial charge in [-0.05, 0) is 63.8 Å². The van der Waals surface area contributed by atoms with Crippen molar-refractivity contribution in [3.8, 4) is 0 Å². The number of fused-ring (bicyclic) bond motifs is 2. The van der Waals surface area contributed by atoms with Gasteiger partial charge in [-0.1, -0.05) is 0 Å². The van der Waals surface area contributed by atoms with Crippen molar-refractivity contribution in [1.29, 1.82) is 0 Å². The predicted molar refractivity (Wildman–Crippen MR) is 121 cm³/mol. The first-order valence-electron chi connectivity index (χ1n) is 10.1. The zero-order chi connectivity index (χ0) is 19.9. The van der Waals surface area contributed by atoms with Gasteiger partial charge in [0.05, 0.1) is 22.8 Å². The van der Waals surface area contributed by atoms with Crippen LogP contribution in [0.1, 0.15) is 47.3 Å². The van der Waals surface area contributed by atoms with E-state index in [1.807, 2.05) is 23.5 Å². The Morgan fingerprint density at radius 1 is 0.750 bits per heavy atom. The van der Waals surface area contributed by atoms with Crippen molar-refractivity contribution in [2.75, 3.05) is 37.1 Å². The number of aromatic nitrogens is 4. The largest absolute Gasteiger partial charge is 0.345 e. The van der Waals surface area contributed by atoms with Gasteiger partial charge in [0.2, 0.25) is 0 Å². The minimum Gasteiger partial charge on any atom is -0.345 e. The van der Waals surface area contributed by atoms with E-state index in [1.165, 1.54) is 47.1 Å². The van der Waals surface area contributed by atoms with E-state index < -0.39 is 0 Å². The molecule has 0 bridgehead atoms. The summed E-state index contributed by atoms with van der Waals surface area (Å²) in [5, 5.41) is 0. The number of nitrogens with one attached hydrogen (secondary N) is 2. The Balaban J connectivity index is 1.85. The maximum atomic E-state index is 4.83. The number of hydrogen-bond acceptors (Lipinski definition) is 6. The average Bonchev–Trinajstić information content (AvgIpc) is 3.16. The fourth-order valence-corrected chi connectivity index (χ4v) is 4.70. The Hall–Kier alpha value is -0.960. The smallest absolute Gasteiger partial charge is 0.103 e. The highest BCUT2D eigenvalue weighted by molar-refractivity contribution is 7.98. The molecule has 2 aromatic rings. The lowest BCUT2D eigenvalue weighted by Crippen LogP contribution is -2.31. The van der Waals surface area contributed by atoms with Crippen molar-refractivity contribution in [2.24, 2.45) is 0 Å². The van der Waals surface area contributed by atoms with Crippen LogP contribution in [0.25, 0.3) is 0 Å². The number of nitrogens with zero attached hydrogens (tertiary/aromatic N) is 4. The Morgan fingerprint density at radius 3 is 1.61 bits per heavy atom. The normalized spacial score (nSPS) is 16.1. The Morgan fingerprint density at radius 2 is 1.18 bits per heavy atom. The van der Waals surface area contributed by atoms with Crippen molar-refractivity contribution in [3.05, 3.63) is 34.4 Å². The van der Waals surface area contributed by atoms with Crippen LogP contribution in [-0.4, -0.2) is 66.8 Å². The molecule has 6 nitrogen and oxygen atoms in total. The van der Waals surface area contributed by atoms with E-state index >= 15 is 0 Å². The van der Waals surface area contributed by atoms with Crippen LogP contribution in [0.4, 0.5) is 0 Å². The molecule has 0 saturated heterocycles. The molecule has 0 spiro atoms. The highest BCUT2D eigenvalue weighted by atomic mass is 32.2. The third-order valence-corrected chi connectivity index (χ3v) is 6.52. The molecule has 2 N–H and O–H groups in total. The number of imidazole rings is 2. The van der Waals surface area contributed by atoms with Gasteiger partial charge in [0.1, 0.15) is 11.6 Å². The number of aryl methyl sites for hydroxylation is 2. The van der Waals surface area contributed by atoms with Gasteiger partial charge in [-0.3, -0.25) is 9.80 Å². The Bertz CT molecular complexity index is 632. The van der Waals surface area contributed by atoms with Gasteiger partial charge in [0.15, 0.2) is 0 Å². The minimum absolute atomic E-state index is 0.887. The summed E-state index contributed by atoms with van der Waals surface area (Å²) in [7, 11) is 0. The second-order valence-electron chi connectivity index (χ2n) is 7.61. The van der Waals surface area contributed by atoms with E-state index in [2.05, 4.69) is 46.1 Å². The number of H-pyrrole nitrogens is 2. The third-order valence-electron chi connectivity index (χ3n) is 5.12. The summed E-state index contributed by atoms with van der Waals surface area (Å²) >= 11 is 3.84. The summed E-state index contributed by atoms with van der Waals surface area (Å²) < 4.78 is 0. The van der Waals surface area contributed by atoms with Crippen molar-refractivity contribution in [3.63, 3.8) is 0 Å². The average molecular weight is 423 g/mol. The van der Waals surface area contributed by atoms with E-state index in [-0.39, 0.29) is 0 Å². The van der Waals surface area contributed by atoms with Crippen molar-refractivity contribution in [2.45, 2.75) is 52.9 Å². The van der Waals surface area contributed by atoms with E-state index in [0.717, 1.165) is 50.9 Å². The molecule has 0 aromatic carbocycles. The van der Waals surface area contributed by atoms with Crippen LogP contribution >= 0.6 is 23.5 Å². The number of rotatable bonds is 8. The molecule has 3 rings (SSSR count). The highest BCUT2D eigenvalue weighted by Gasteiger charge is 2.22. The number of aromatic amines is 2. The van der Waals surface area contributed by atoms with Crippen LogP contribution in [0.5, 0.6) is 0 Å². The van der Waals surface area contributed by atoms with Gasteiger partial charge in [-0.2, -0.15) is 23.5 Å². The topological polar surface area (TPSA) is 63.8 Å². The lowest BCUT2D eigenvalue weighted by atomic mass is 10.2. The molecule has 0 aliphatic carbocycles. The van der Waals surface area contributed by atoms with Crippen molar-refractivity contribution in [1.82, 2.24) is 29.7 Å². The summed E-state index contributed by atoms with van der Waals surface area (Å²) in [6, 6.07) is 0. The fourth-order valence-electron chi connectivity index (χ4n) is 3.86. The van der Waals surface area contributed by atoms with Crippen molar-refractivity contribution < 1.29 is 0 Å². The maximum absolute atomic E-state index is 4.83. The first kappa shape index (κ1) is 21.7. The number of thioether (sulfide) groups is 2. The van der Waals surface area contributed by atoms with Gasteiger partial charge in [0, 0.05) is 26.2 Å². The highest BCUT2D eigenvalue weighted by Crippen LogP contribution is 2.21. The molecule has 3 heterocycles. The SMILES string of the molecule is CSCCCN1Cc2nc(C)[nH]c2CN(CCCSC)Cc2[nH]c(C)nc2C1.